The van der Waals surface area contributed by atoms with Crippen LogP contribution in [-0.2, 0) is 10.2 Å². The molecule has 2 aromatic rings. The smallest absolute Gasteiger partial charge is 0.258 e. The number of carbonyl (C=O) groups excluding carboxylic acids is 2. The first kappa shape index (κ1) is 21.8. The van der Waals surface area contributed by atoms with Crippen LogP contribution in [0.3, 0.4) is 0 Å². The second kappa shape index (κ2) is 7.63. The van der Waals surface area contributed by atoms with Gasteiger partial charge in [-0.05, 0) is 53.9 Å². The van der Waals surface area contributed by atoms with Gasteiger partial charge in [0.15, 0.2) is 12.4 Å². The average molecular weight is 444 g/mol. The normalized spacial score (nSPS) is 24.0. The van der Waals surface area contributed by atoms with Gasteiger partial charge in [0.25, 0.3) is 5.91 Å². The molecule has 3 aliphatic carbocycles. The lowest BCUT2D eigenvalue weighted by Crippen LogP contribution is -2.75. The Morgan fingerprint density at radius 3 is 2.48 bits per heavy atom. The molecule has 2 aromatic carbocycles. The molecular formula is C25H27ClFNO3. The Kier molecular flexibility index (Phi) is 5.37. The lowest BCUT2D eigenvalue weighted by atomic mass is 9.38. The maximum Gasteiger partial charge on any atom is 0.258 e. The number of halogens is 2. The second-order valence-electron chi connectivity index (χ2n) is 10.2. The van der Waals surface area contributed by atoms with Gasteiger partial charge in [-0.2, -0.15) is 0 Å². The molecule has 0 aliphatic heterocycles. The van der Waals surface area contributed by atoms with E-state index in [1.807, 2.05) is 18.2 Å². The highest BCUT2D eigenvalue weighted by Crippen LogP contribution is 2.69. The van der Waals surface area contributed by atoms with Crippen molar-refractivity contribution in [3.05, 3.63) is 64.4 Å². The summed E-state index contributed by atoms with van der Waals surface area (Å²) in [6, 6.07) is 12.0. The Bertz CT molecular complexity index is 1020. The van der Waals surface area contributed by atoms with Crippen molar-refractivity contribution in [1.82, 2.24) is 5.32 Å². The summed E-state index contributed by atoms with van der Waals surface area (Å²) >= 11 is 5.64. The van der Waals surface area contributed by atoms with Gasteiger partial charge in [-0.3, -0.25) is 9.59 Å². The standard InChI is InChI=1S/C25H27ClFNO3/c1-23(2,3)17-6-4-5-16(9-17)21(29)11-24-13-25(14-24,15-24)28-22(30)12-31-18-7-8-19(26)20(27)10-18/h4-10H,11-15H2,1-3H3,(H,28,30). The van der Waals surface area contributed by atoms with Gasteiger partial charge >= 0.3 is 0 Å². The molecule has 0 saturated heterocycles. The van der Waals surface area contributed by atoms with Gasteiger partial charge in [-0.25, -0.2) is 4.39 Å². The van der Waals surface area contributed by atoms with E-state index in [9.17, 15) is 14.0 Å². The summed E-state index contributed by atoms with van der Waals surface area (Å²) in [5, 5.41) is 3.04. The lowest BCUT2D eigenvalue weighted by molar-refractivity contribution is -0.164. The fourth-order valence-corrected chi connectivity index (χ4v) is 5.08. The minimum atomic E-state index is -0.585. The van der Waals surface area contributed by atoms with E-state index >= 15 is 0 Å². The van der Waals surface area contributed by atoms with Gasteiger partial charge in [0.2, 0.25) is 0 Å². The second-order valence-corrected chi connectivity index (χ2v) is 10.6. The molecule has 0 aromatic heterocycles. The van der Waals surface area contributed by atoms with E-state index in [1.54, 1.807) is 0 Å². The van der Waals surface area contributed by atoms with Crippen molar-refractivity contribution < 1.29 is 18.7 Å². The SMILES string of the molecule is CC(C)(C)c1cccc(C(=O)CC23CC(NC(=O)COc4ccc(Cl)c(F)c4)(C2)C3)c1. The largest absolute Gasteiger partial charge is 0.484 e. The van der Waals surface area contributed by atoms with E-state index < -0.39 is 5.82 Å². The van der Waals surface area contributed by atoms with E-state index in [0.717, 1.165) is 36.5 Å². The number of hydrogen-bond acceptors (Lipinski definition) is 3. The van der Waals surface area contributed by atoms with E-state index in [2.05, 4.69) is 32.2 Å². The van der Waals surface area contributed by atoms with Crippen LogP contribution in [0, 0.1) is 11.2 Å². The van der Waals surface area contributed by atoms with Crippen LogP contribution in [0.25, 0.3) is 0 Å². The number of carbonyl (C=O) groups is 2. The molecular weight excluding hydrogens is 417 g/mol. The van der Waals surface area contributed by atoms with Crippen molar-refractivity contribution in [3.8, 4) is 5.75 Å². The molecule has 0 heterocycles. The van der Waals surface area contributed by atoms with Crippen LogP contribution in [0.4, 0.5) is 4.39 Å². The van der Waals surface area contributed by atoms with Crippen LogP contribution in [0.5, 0.6) is 5.75 Å². The third-order valence-electron chi connectivity index (χ3n) is 6.39. The predicted molar refractivity (Wildman–Crippen MR) is 118 cm³/mol. The van der Waals surface area contributed by atoms with Crippen molar-refractivity contribution >= 4 is 23.3 Å². The molecule has 0 spiro atoms. The number of Topliss-reactive ketones (excluding diaryl/α,β-unsaturated/α-hetero) is 1. The molecule has 3 saturated carbocycles. The minimum Gasteiger partial charge on any atom is -0.484 e. The predicted octanol–water partition coefficient (Wildman–Crippen LogP) is 5.47. The molecule has 0 radical (unpaired) electrons. The van der Waals surface area contributed by atoms with Gasteiger partial charge < -0.3 is 10.1 Å². The molecule has 1 amide bonds. The number of amides is 1. The van der Waals surface area contributed by atoms with Crippen molar-refractivity contribution in [2.75, 3.05) is 6.61 Å². The number of nitrogens with one attached hydrogen (secondary N) is 1. The lowest BCUT2D eigenvalue weighted by Gasteiger charge is -2.70. The number of rotatable bonds is 7. The van der Waals surface area contributed by atoms with Crippen LogP contribution in [0.2, 0.25) is 5.02 Å². The number of ether oxygens (including phenoxy) is 1. The first-order chi connectivity index (χ1) is 14.5. The molecule has 3 aliphatic rings. The van der Waals surface area contributed by atoms with E-state index in [4.69, 9.17) is 16.3 Å². The fraction of sp³-hybridized carbons (Fsp3) is 0.440. The highest BCUT2D eigenvalue weighted by Gasteiger charge is 2.68. The summed E-state index contributed by atoms with van der Waals surface area (Å²) in [5.41, 5.74) is 1.70. The summed E-state index contributed by atoms with van der Waals surface area (Å²) in [5.74, 6) is -0.403. The fourth-order valence-electron chi connectivity index (χ4n) is 4.97. The summed E-state index contributed by atoms with van der Waals surface area (Å²) in [6.45, 7) is 6.22. The molecule has 164 valence electrons. The monoisotopic (exact) mass is 443 g/mol. The third-order valence-corrected chi connectivity index (χ3v) is 6.70. The third kappa shape index (κ3) is 4.47. The van der Waals surface area contributed by atoms with Crippen molar-refractivity contribution in [3.63, 3.8) is 0 Å². The number of hydrogen-bond donors (Lipinski definition) is 1. The Balaban J connectivity index is 1.26. The molecule has 1 N–H and O–H groups in total. The Labute approximate surface area is 187 Å². The topological polar surface area (TPSA) is 55.4 Å². The van der Waals surface area contributed by atoms with E-state index in [0.29, 0.717) is 6.42 Å². The van der Waals surface area contributed by atoms with Crippen LogP contribution < -0.4 is 10.1 Å². The Morgan fingerprint density at radius 1 is 1.13 bits per heavy atom. The summed E-state index contributed by atoms with van der Waals surface area (Å²) in [6.07, 6.45) is 2.95. The Morgan fingerprint density at radius 2 is 1.84 bits per heavy atom. The minimum absolute atomic E-state index is 0.000796. The molecule has 4 nitrogen and oxygen atoms in total. The van der Waals surface area contributed by atoms with Gasteiger partial charge in [0, 0.05) is 23.6 Å². The van der Waals surface area contributed by atoms with Crippen LogP contribution in [0.1, 0.15) is 62.4 Å². The first-order valence-corrected chi connectivity index (χ1v) is 10.9. The van der Waals surface area contributed by atoms with Crippen molar-refractivity contribution in [2.24, 2.45) is 5.41 Å². The molecule has 0 atom stereocenters. The molecule has 5 rings (SSSR count). The van der Waals surface area contributed by atoms with Gasteiger partial charge in [0.1, 0.15) is 11.6 Å². The average Bonchev–Trinajstić information content (AvgIpc) is 2.65. The van der Waals surface area contributed by atoms with Crippen LogP contribution >= 0.6 is 11.6 Å². The van der Waals surface area contributed by atoms with Gasteiger partial charge in [-0.15, -0.1) is 0 Å². The quantitative estimate of drug-likeness (QED) is 0.577. The molecule has 6 heteroatoms. The van der Waals surface area contributed by atoms with Gasteiger partial charge in [-0.1, -0.05) is 50.6 Å². The highest BCUT2D eigenvalue weighted by atomic mass is 35.5. The molecule has 31 heavy (non-hydrogen) atoms. The summed E-state index contributed by atoms with van der Waals surface area (Å²) in [4.78, 5) is 25.1. The summed E-state index contributed by atoms with van der Waals surface area (Å²) < 4.78 is 18.8. The number of benzene rings is 2. The zero-order valence-corrected chi connectivity index (χ0v) is 18.8. The Hall–Kier alpha value is -2.40. The summed E-state index contributed by atoms with van der Waals surface area (Å²) in [7, 11) is 0. The van der Waals surface area contributed by atoms with Crippen LogP contribution in [-0.4, -0.2) is 23.8 Å². The van der Waals surface area contributed by atoms with Crippen LogP contribution in [0.15, 0.2) is 42.5 Å². The van der Waals surface area contributed by atoms with Crippen molar-refractivity contribution in [2.45, 2.75) is 57.4 Å². The number of ketones is 1. The maximum atomic E-state index is 13.5. The zero-order chi connectivity index (χ0) is 22.4. The highest BCUT2D eigenvalue weighted by molar-refractivity contribution is 6.30. The molecule has 3 fully saturated rings. The maximum absolute atomic E-state index is 13.5. The molecule has 0 unspecified atom stereocenters. The first-order valence-electron chi connectivity index (χ1n) is 10.5. The zero-order valence-electron chi connectivity index (χ0n) is 18.1. The van der Waals surface area contributed by atoms with E-state index in [-0.39, 0.29) is 45.4 Å². The van der Waals surface area contributed by atoms with E-state index in [1.165, 1.54) is 12.1 Å². The van der Waals surface area contributed by atoms with Crippen molar-refractivity contribution in [1.29, 1.82) is 0 Å². The molecule has 2 bridgehead atoms. The van der Waals surface area contributed by atoms with Gasteiger partial charge in [0.05, 0.1) is 5.02 Å².